The Morgan fingerprint density at radius 3 is 2.50 bits per heavy atom. The van der Waals surface area contributed by atoms with Crippen molar-refractivity contribution in [1.29, 1.82) is 0 Å². The van der Waals surface area contributed by atoms with Crippen molar-refractivity contribution in [2.75, 3.05) is 26.2 Å². The van der Waals surface area contributed by atoms with Crippen LogP contribution in [0.2, 0.25) is 0 Å². The molecule has 1 aliphatic heterocycles. The van der Waals surface area contributed by atoms with Gasteiger partial charge in [0.25, 0.3) is 0 Å². The van der Waals surface area contributed by atoms with Gasteiger partial charge in [0.2, 0.25) is 5.91 Å². The van der Waals surface area contributed by atoms with Crippen LogP contribution in [0, 0.1) is 5.41 Å². The molecular weight excluding hydrogens is 176 g/mol. The van der Waals surface area contributed by atoms with Crippen LogP contribution in [0.25, 0.3) is 0 Å². The van der Waals surface area contributed by atoms with Crippen molar-refractivity contribution in [3.05, 3.63) is 0 Å². The lowest BCUT2D eigenvalue weighted by atomic mass is 9.81. The number of rotatable bonds is 3. The second-order valence-corrected chi connectivity index (χ2v) is 4.32. The zero-order chi connectivity index (χ0) is 10.6. The Hall–Kier alpha value is -0.570. The Kier molecular flexibility index (Phi) is 3.93. The van der Waals surface area contributed by atoms with Gasteiger partial charge in [-0.2, -0.15) is 0 Å². The highest BCUT2D eigenvalue weighted by molar-refractivity contribution is 5.82. The van der Waals surface area contributed by atoms with Crippen molar-refractivity contribution >= 4 is 5.91 Å². The molecule has 82 valence electrons. The first-order valence-electron chi connectivity index (χ1n) is 5.64. The zero-order valence-electron chi connectivity index (χ0n) is 9.60. The van der Waals surface area contributed by atoms with Gasteiger partial charge in [0.15, 0.2) is 0 Å². The summed E-state index contributed by atoms with van der Waals surface area (Å²) in [6.07, 6.45) is 2.14. The highest BCUT2D eigenvalue weighted by Crippen LogP contribution is 2.27. The molecule has 1 N–H and O–H groups in total. The average Bonchev–Trinajstić information content (AvgIpc) is 2.20. The number of piperidine rings is 1. The van der Waals surface area contributed by atoms with E-state index in [-0.39, 0.29) is 5.41 Å². The normalized spacial score (nSPS) is 27.4. The summed E-state index contributed by atoms with van der Waals surface area (Å²) in [5.74, 6) is 0.315. The van der Waals surface area contributed by atoms with Gasteiger partial charge in [-0.05, 0) is 40.2 Å². The molecule has 1 saturated heterocycles. The molecule has 0 aromatic carbocycles. The average molecular weight is 198 g/mol. The van der Waals surface area contributed by atoms with Crippen molar-refractivity contribution < 1.29 is 4.79 Å². The molecule has 0 aromatic heterocycles. The van der Waals surface area contributed by atoms with E-state index in [1.54, 1.807) is 0 Å². The number of carbonyl (C=O) groups excluding carboxylic acids is 1. The van der Waals surface area contributed by atoms with Gasteiger partial charge in [0, 0.05) is 19.6 Å². The predicted molar refractivity (Wildman–Crippen MR) is 58.1 cm³/mol. The molecule has 1 rings (SSSR count). The molecule has 1 heterocycles. The first kappa shape index (κ1) is 11.5. The van der Waals surface area contributed by atoms with Gasteiger partial charge in [0.05, 0.1) is 5.41 Å². The lowest BCUT2D eigenvalue weighted by Gasteiger charge is -2.36. The third-order valence-electron chi connectivity index (χ3n) is 3.16. The van der Waals surface area contributed by atoms with Gasteiger partial charge in [-0.25, -0.2) is 0 Å². The van der Waals surface area contributed by atoms with Crippen LogP contribution >= 0.6 is 0 Å². The van der Waals surface area contributed by atoms with E-state index in [1.807, 2.05) is 18.7 Å². The van der Waals surface area contributed by atoms with Crippen LogP contribution in [-0.2, 0) is 4.79 Å². The van der Waals surface area contributed by atoms with E-state index < -0.39 is 0 Å². The van der Waals surface area contributed by atoms with Crippen molar-refractivity contribution in [3.8, 4) is 0 Å². The SMILES string of the molecule is CCN(CC)C(=O)C1(C)CCCNC1. The Morgan fingerprint density at radius 1 is 1.43 bits per heavy atom. The minimum atomic E-state index is -0.162. The molecular formula is C11H22N2O. The highest BCUT2D eigenvalue weighted by atomic mass is 16.2. The molecule has 3 heteroatoms. The Morgan fingerprint density at radius 2 is 2.07 bits per heavy atom. The fourth-order valence-corrected chi connectivity index (χ4v) is 2.13. The van der Waals surface area contributed by atoms with Crippen LogP contribution in [-0.4, -0.2) is 37.0 Å². The van der Waals surface area contributed by atoms with E-state index in [0.717, 1.165) is 39.0 Å². The van der Waals surface area contributed by atoms with Crippen LogP contribution in [0.15, 0.2) is 0 Å². The van der Waals surface area contributed by atoms with E-state index in [2.05, 4.69) is 12.2 Å². The third kappa shape index (κ3) is 2.27. The number of nitrogens with one attached hydrogen (secondary N) is 1. The maximum atomic E-state index is 12.2. The van der Waals surface area contributed by atoms with Gasteiger partial charge in [0.1, 0.15) is 0 Å². The molecule has 1 fully saturated rings. The van der Waals surface area contributed by atoms with E-state index in [0.29, 0.717) is 5.91 Å². The summed E-state index contributed by atoms with van der Waals surface area (Å²) in [5.41, 5.74) is -0.162. The summed E-state index contributed by atoms with van der Waals surface area (Å²) < 4.78 is 0. The number of hydrogen-bond donors (Lipinski definition) is 1. The fourth-order valence-electron chi connectivity index (χ4n) is 2.13. The van der Waals surface area contributed by atoms with Crippen molar-refractivity contribution in [2.45, 2.75) is 33.6 Å². The zero-order valence-corrected chi connectivity index (χ0v) is 9.60. The van der Waals surface area contributed by atoms with Gasteiger partial charge in [-0.1, -0.05) is 0 Å². The second-order valence-electron chi connectivity index (χ2n) is 4.32. The van der Waals surface area contributed by atoms with Gasteiger partial charge in [-0.15, -0.1) is 0 Å². The number of nitrogens with zero attached hydrogens (tertiary/aromatic N) is 1. The quantitative estimate of drug-likeness (QED) is 0.740. The molecule has 14 heavy (non-hydrogen) atoms. The first-order valence-corrected chi connectivity index (χ1v) is 5.64. The number of carbonyl (C=O) groups is 1. The van der Waals surface area contributed by atoms with Crippen molar-refractivity contribution in [3.63, 3.8) is 0 Å². The lowest BCUT2D eigenvalue weighted by Crippen LogP contribution is -2.50. The molecule has 0 aromatic rings. The standard InChI is InChI=1S/C11H22N2O/c1-4-13(5-2)10(14)11(3)7-6-8-12-9-11/h12H,4-9H2,1-3H3. The van der Waals surface area contributed by atoms with Gasteiger partial charge < -0.3 is 10.2 Å². The summed E-state index contributed by atoms with van der Waals surface area (Å²) in [5, 5.41) is 3.31. The topological polar surface area (TPSA) is 32.3 Å². The third-order valence-corrected chi connectivity index (χ3v) is 3.16. The highest BCUT2D eigenvalue weighted by Gasteiger charge is 2.36. The number of amides is 1. The minimum absolute atomic E-state index is 0.162. The molecule has 0 aliphatic carbocycles. The largest absolute Gasteiger partial charge is 0.343 e. The molecule has 3 nitrogen and oxygen atoms in total. The second kappa shape index (κ2) is 4.78. The Bertz CT molecular complexity index is 193. The molecule has 1 aliphatic rings. The Labute approximate surface area is 86.9 Å². The molecule has 0 bridgehead atoms. The molecule has 0 spiro atoms. The molecule has 1 atom stereocenters. The fraction of sp³-hybridized carbons (Fsp3) is 0.909. The van der Waals surface area contributed by atoms with Gasteiger partial charge >= 0.3 is 0 Å². The molecule has 1 amide bonds. The molecule has 0 saturated carbocycles. The molecule has 0 radical (unpaired) electrons. The minimum Gasteiger partial charge on any atom is -0.343 e. The van der Waals surface area contributed by atoms with Crippen LogP contribution in [0.5, 0.6) is 0 Å². The van der Waals surface area contributed by atoms with E-state index in [1.165, 1.54) is 0 Å². The molecule has 1 unspecified atom stereocenters. The monoisotopic (exact) mass is 198 g/mol. The van der Waals surface area contributed by atoms with Crippen molar-refractivity contribution in [1.82, 2.24) is 10.2 Å². The number of hydrogen-bond acceptors (Lipinski definition) is 2. The maximum absolute atomic E-state index is 12.2. The predicted octanol–water partition coefficient (Wildman–Crippen LogP) is 1.24. The van der Waals surface area contributed by atoms with E-state index in [9.17, 15) is 4.79 Å². The summed E-state index contributed by atoms with van der Waals surface area (Å²) in [4.78, 5) is 14.1. The van der Waals surface area contributed by atoms with Crippen LogP contribution in [0.4, 0.5) is 0 Å². The van der Waals surface area contributed by atoms with Crippen LogP contribution < -0.4 is 5.32 Å². The summed E-state index contributed by atoms with van der Waals surface area (Å²) >= 11 is 0. The summed E-state index contributed by atoms with van der Waals surface area (Å²) in [6, 6.07) is 0. The maximum Gasteiger partial charge on any atom is 0.229 e. The lowest BCUT2D eigenvalue weighted by molar-refractivity contribution is -0.141. The van der Waals surface area contributed by atoms with Crippen LogP contribution in [0.3, 0.4) is 0 Å². The smallest absolute Gasteiger partial charge is 0.229 e. The first-order chi connectivity index (χ1) is 6.64. The summed E-state index contributed by atoms with van der Waals surface area (Å²) in [6.45, 7) is 9.71. The summed E-state index contributed by atoms with van der Waals surface area (Å²) in [7, 11) is 0. The Balaban J connectivity index is 2.64. The van der Waals surface area contributed by atoms with Gasteiger partial charge in [-0.3, -0.25) is 4.79 Å². The van der Waals surface area contributed by atoms with E-state index in [4.69, 9.17) is 0 Å². The van der Waals surface area contributed by atoms with Crippen LogP contribution in [0.1, 0.15) is 33.6 Å². The van der Waals surface area contributed by atoms with Crippen molar-refractivity contribution in [2.24, 2.45) is 5.41 Å². The van der Waals surface area contributed by atoms with E-state index >= 15 is 0 Å².